The first-order chi connectivity index (χ1) is 8.58. The van der Waals surface area contributed by atoms with E-state index in [1.54, 1.807) is 29.0 Å². The van der Waals surface area contributed by atoms with Crippen molar-refractivity contribution in [3.05, 3.63) is 53.0 Å². The second-order valence-electron chi connectivity index (χ2n) is 4.22. The SMILES string of the molecule is CN(Cc1ccccc1Br)C(=O)n1cc[n+](C)c1.[I-]. The molecule has 0 aliphatic carbocycles. The predicted octanol–water partition coefficient (Wildman–Crippen LogP) is -0.821. The van der Waals surface area contributed by atoms with Crippen LogP contribution in [-0.2, 0) is 13.6 Å². The van der Waals surface area contributed by atoms with Gasteiger partial charge in [-0.25, -0.2) is 9.36 Å². The monoisotopic (exact) mass is 435 g/mol. The number of hydrogen-bond donors (Lipinski definition) is 0. The summed E-state index contributed by atoms with van der Waals surface area (Å²) < 4.78 is 4.42. The van der Waals surface area contributed by atoms with Crippen LogP contribution >= 0.6 is 15.9 Å². The Bertz CT molecular complexity index is 571. The molecule has 0 saturated heterocycles. The molecule has 6 heteroatoms. The van der Waals surface area contributed by atoms with Gasteiger partial charge in [0.2, 0.25) is 0 Å². The maximum absolute atomic E-state index is 12.1. The van der Waals surface area contributed by atoms with Gasteiger partial charge < -0.3 is 28.9 Å². The van der Waals surface area contributed by atoms with Crippen molar-refractivity contribution in [3.63, 3.8) is 0 Å². The van der Waals surface area contributed by atoms with Crippen LogP contribution in [0.5, 0.6) is 0 Å². The van der Waals surface area contributed by atoms with Crippen molar-refractivity contribution in [3.8, 4) is 0 Å². The quantitative estimate of drug-likeness (QED) is 0.447. The Morgan fingerprint density at radius 3 is 2.68 bits per heavy atom. The number of benzene rings is 1. The number of aromatic nitrogens is 2. The lowest BCUT2D eigenvalue weighted by Gasteiger charge is -2.14. The van der Waals surface area contributed by atoms with E-state index < -0.39 is 0 Å². The summed E-state index contributed by atoms with van der Waals surface area (Å²) in [4.78, 5) is 13.8. The fourth-order valence-electron chi connectivity index (χ4n) is 1.71. The molecule has 1 amide bonds. The standard InChI is InChI=1S/C13H15BrN3O.HI/c1-15-7-8-17(10-15)13(18)16(2)9-11-5-3-4-6-12(11)14;/h3-8,10H,9H2,1-2H3;1H/q+1;/p-1. The third kappa shape index (κ3) is 4.04. The number of imidazole rings is 1. The molecule has 0 aliphatic heterocycles. The van der Waals surface area contributed by atoms with Crippen molar-refractivity contribution in [1.82, 2.24) is 9.47 Å². The molecular weight excluding hydrogens is 421 g/mol. The van der Waals surface area contributed by atoms with Crippen LogP contribution in [-0.4, -0.2) is 22.5 Å². The highest BCUT2D eigenvalue weighted by atomic mass is 127. The Kier molecular flexibility index (Phi) is 5.99. The highest BCUT2D eigenvalue weighted by molar-refractivity contribution is 9.10. The van der Waals surface area contributed by atoms with Crippen LogP contribution in [0.2, 0.25) is 0 Å². The minimum atomic E-state index is -0.0497. The van der Waals surface area contributed by atoms with Gasteiger partial charge in [0, 0.05) is 11.5 Å². The first-order valence-corrected chi connectivity index (χ1v) is 6.39. The van der Waals surface area contributed by atoms with E-state index in [9.17, 15) is 4.79 Å². The van der Waals surface area contributed by atoms with E-state index in [-0.39, 0.29) is 30.0 Å². The number of carbonyl (C=O) groups excluding carboxylic acids is 1. The molecule has 0 fully saturated rings. The molecule has 0 saturated carbocycles. The van der Waals surface area contributed by atoms with Gasteiger partial charge in [-0.05, 0) is 11.6 Å². The fraction of sp³-hybridized carbons (Fsp3) is 0.231. The van der Waals surface area contributed by atoms with Crippen molar-refractivity contribution < 1.29 is 33.3 Å². The molecule has 1 aromatic carbocycles. The normalized spacial score (nSPS) is 9.84. The van der Waals surface area contributed by atoms with Gasteiger partial charge in [0.1, 0.15) is 12.4 Å². The first-order valence-electron chi connectivity index (χ1n) is 5.60. The van der Waals surface area contributed by atoms with Crippen molar-refractivity contribution in [1.29, 1.82) is 0 Å². The van der Waals surface area contributed by atoms with E-state index in [0.29, 0.717) is 6.54 Å². The Balaban J connectivity index is 0.00000180. The molecule has 2 aromatic rings. The predicted molar refractivity (Wildman–Crippen MR) is 72.0 cm³/mol. The van der Waals surface area contributed by atoms with Crippen LogP contribution in [0, 0.1) is 0 Å². The lowest BCUT2D eigenvalue weighted by atomic mass is 10.2. The molecule has 0 bridgehead atoms. The molecule has 2 rings (SSSR count). The summed E-state index contributed by atoms with van der Waals surface area (Å²) in [6.45, 7) is 0.572. The van der Waals surface area contributed by atoms with Crippen LogP contribution in [0.1, 0.15) is 5.56 Å². The molecule has 0 atom stereocenters. The Hall–Kier alpha value is -0.890. The molecule has 4 nitrogen and oxygen atoms in total. The Morgan fingerprint density at radius 2 is 2.11 bits per heavy atom. The number of rotatable bonds is 2. The molecule has 0 radical (unpaired) electrons. The molecule has 19 heavy (non-hydrogen) atoms. The van der Waals surface area contributed by atoms with E-state index in [2.05, 4.69) is 15.9 Å². The van der Waals surface area contributed by atoms with Crippen molar-refractivity contribution in [2.45, 2.75) is 6.54 Å². The number of nitrogens with zero attached hydrogens (tertiary/aromatic N) is 3. The van der Waals surface area contributed by atoms with E-state index in [1.807, 2.05) is 42.1 Å². The highest BCUT2D eigenvalue weighted by Crippen LogP contribution is 2.17. The number of amides is 1. The molecule has 0 spiro atoms. The van der Waals surface area contributed by atoms with Gasteiger partial charge >= 0.3 is 6.03 Å². The minimum Gasteiger partial charge on any atom is -1.00 e. The lowest BCUT2D eigenvalue weighted by molar-refractivity contribution is -0.670. The van der Waals surface area contributed by atoms with E-state index in [4.69, 9.17) is 0 Å². The Morgan fingerprint density at radius 1 is 1.42 bits per heavy atom. The summed E-state index contributed by atoms with van der Waals surface area (Å²) in [5.74, 6) is 0. The molecule has 1 aromatic heterocycles. The second kappa shape index (κ2) is 7.04. The third-order valence-electron chi connectivity index (χ3n) is 2.68. The van der Waals surface area contributed by atoms with Gasteiger partial charge in [0.05, 0.1) is 13.6 Å². The number of aryl methyl sites for hydroxylation is 1. The maximum Gasteiger partial charge on any atom is 0.415 e. The van der Waals surface area contributed by atoms with Gasteiger partial charge in [-0.1, -0.05) is 34.1 Å². The van der Waals surface area contributed by atoms with Crippen LogP contribution in [0.15, 0.2) is 47.5 Å². The van der Waals surface area contributed by atoms with Gasteiger partial charge in [-0.2, -0.15) is 4.57 Å². The van der Waals surface area contributed by atoms with Crippen molar-refractivity contribution in [2.75, 3.05) is 7.05 Å². The zero-order valence-corrected chi connectivity index (χ0v) is 14.5. The van der Waals surface area contributed by atoms with E-state index >= 15 is 0 Å². The minimum absolute atomic E-state index is 0. The highest BCUT2D eigenvalue weighted by Gasteiger charge is 2.17. The van der Waals surface area contributed by atoms with Crippen LogP contribution in [0.25, 0.3) is 0 Å². The van der Waals surface area contributed by atoms with Crippen molar-refractivity contribution >= 4 is 22.0 Å². The smallest absolute Gasteiger partial charge is 0.415 e. The first kappa shape index (κ1) is 16.2. The zero-order chi connectivity index (χ0) is 13.1. The second-order valence-corrected chi connectivity index (χ2v) is 5.07. The van der Waals surface area contributed by atoms with Gasteiger partial charge in [-0.3, -0.25) is 0 Å². The van der Waals surface area contributed by atoms with Crippen LogP contribution in [0.4, 0.5) is 4.79 Å². The van der Waals surface area contributed by atoms with Gasteiger partial charge in [0.15, 0.2) is 0 Å². The summed E-state index contributed by atoms with van der Waals surface area (Å²) in [5.41, 5.74) is 1.09. The van der Waals surface area contributed by atoms with Gasteiger partial charge in [0.25, 0.3) is 6.33 Å². The van der Waals surface area contributed by atoms with Crippen LogP contribution < -0.4 is 28.5 Å². The van der Waals surface area contributed by atoms with E-state index in [1.165, 1.54) is 0 Å². The lowest BCUT2D eigenvalue weighted by Crippen LogP contribution is -3.00. The van der Waals surface area contributed by atoms with Gasteiger partial charge in [-0.15, -0.1) is 0 Å². The van der Waals surface area contributed by atoms with Crippen molar-refractivity contribution in [2.24, 2.45) is 7.05 Å². The topological polar surface area (TPSA) is 29.1 Å². The molecule has 0 unspecified atom stereocenters. The summed E-state index contributed by atoms with van der Waals surface area (Å²) >= 11 is 3.49. The number of hydrogen-bond acceptors (Lipinski definition) is 1. The third-order valence-corrected chi connectivity index (χ3v) is 3.46. The Labute approximate surface area is 138 Å². The van der Waals surface area contributed by atoms with Crippen LogP contribution in [0.3, 0.4) is 0 Å². The zero-order valence-electron chi connectivity index (χ0n) is 10.8. The fourth-order valence-corrected chi connectivity index (χ4v) is 2.12. The molecular formula is C13H15BrIN3O. The molecule has 102 valence electrons. The number of halogens is 2. The molecule has 0 aliphatic rings. The molecule has 1 heterocycles. The van der Waals surface area contributed by atoms with E-state index in [0.717, 1.165) is 10.0 Å². The number of carbonyl (C=O) groups is 1. The molecule has 0 N–H and O–H groups in total. The largest absolute Gasteiger partial charge is 1.00 e. The average Bonchev–Trinajstić information content (AvgIpc) is 2.78. The maximum atomic E-state index is 12.1. The summed E-state index contributed by atoms with van der Waals surface area (Å²) in [5, 5.41) is 0. The summed E-state index contributed by atoms with van der Waals surface area (Å²) in [6, 6.07) is 7.86. The summed E-state index contributed by atoms with van der Waals surface area (Å²) in [6.07, 6.45) is 5.34. The average molecular weight is 436 g/mol. The summed E-state index contributed by atoms with van der Waals surface area (Å²) in [7, 11) is 3.68.